The molecule has 0 atom stereocenters. The number of aromatic nitrogens is 3. The van der Waals surface area contributed by atoms with Crippen molar-refractivity contribution in [2.45, 2.75) is 19.5 Å². The van der Waals surface area contributed by atoms with Gasteiger partial charge in [0.05, 0.1) is 27.2 Å². The van der Waals surface area contributed by atoms with E-state index in [1.54, 1.807) is 23.7 Å². The van der Waals surface area contributed by atoms with Gasteiger partial charge in [0.2, 0.25) is 0 Å². The highest BCUT2D eigenvalue weighted by Crippen LogP contribution is 2.32. The molecule has 0 aliphatic carbocycles. The predicted octanol–water partition coefficient (Wildman–Crippen LogP) is 5.72. The second kappa shape index (κ2) is 9.25. The lowest BCUT2D eigenvalue weighted by Crippen LogP contribution is -2.22. The summed E-state index contributed by atoms with van der Waals surface area (Å²) >= 11 is 1.28. The fraction of sp³-hybridized carbons (Fsp3) is 0.115. The van der Waals surface area contributed by atoms with Gasteiger partial charge in [-0.25, -0.2) is 9.97 Å². The Hall–Kier alpha value is -4.38. The molecule has 11 heteroatoms. The second-order valence-corrected chi connectivity index (χ2v) is 9.23. The summed E-state index contributed by atoms with van der Waals surface area (Å²) in [5, 5.41) is 6.08. The standard InChI is InChI=1S/C26H18F3N5O2S/c1-13-5-6-16-17(20(13)34-25(36)18-11-37-22-21(18)32-12-33-24(22)30)7-8-31-19(16)10-14-3-2-4-15(9-14)23(35)26(27,28)29/h2-9,11-12H,10H2,1H3,(H,34,36)(H2,30,32,33). The molecule has 0 spiro atoms. The predicted molar refractivity (Wildman–Crippen MR) is 136 cm³/mol. The molecular formula is C26H18F3N5O2S. The molecule has 37 heavy (non-hydrogen) atoms. The molecule has 5 rings (SSSR count). The highest BCUT2D eigenvalue weighted by Gasteiger charge is 2.39. The van der Waals surface area contributed by atoms with Crippen LogP contribution in [0, 0.1) is 6.92 Å². The van der Waals surface area contributed by atoms with E-state index in [0.29, 0.717) is 38.5 Å². The normalized spacial score (nSPS) is 11.7. The van der Waals surface area contributed by atoms with E-state index in [9.17, 15) is 22.8 Å². The molecule has 0 aliphatic heterocycles. The molecule has 0 aliphatic rings. The van der Waals surface area contributed by atoms with Gasteiger partial charge in [-0.05, 0) is 30.2 Å². The summed E-state index contributed by atoms with van der Waals surface area (Å²) in [7, 11) is 0. The number of rotatable bonds is 5. The van der Waals surface area contributed by atoms with E-state index < -0.39 is 17.5 Å². The number of alkyl halides is 3. The molecule has 0 bridgehead atoms. The molecule has 0 saturated carbocycles. The average Bonchev–Trinajstić information content (AvgIpc) is 3.31. The molecule has 3 aromatic heterocycles. The van der Waals surface area contributed by atoms with Crippen LogP contribution < -0.4 is 11.1 Å². The number of anilines is 2. The van der Waals surface area contributed by atoms with Gasteiger partial charge in [-0.3, -0.25) is 14.6 Å². The molecule has 0 saturated heterocycles. The van der Waals surface area contributed by atoms with Crippen LogP contribution in [-0.4, -0.2) is 32.8 Å². The number of aryl methyl sites for hydroxylation is 1. The monoisotopic (exact) mass is 521 g/mol. The van der Waals surface area contributed by atoms with E-state index in [1.807, 2.05) is 19.1 Å². The van der Waals surface area contributed by atoms with Crippen molar-refractivity contribution in [1.82, 2.24) is 15.0 Å². The second-order valence-electron chi connectivity index (χ2n) is 8.35. The first-order valence-corrected chi connectivity index (χ1v) is 11.9. The minimum Gasteiger partial charge on any atom is -0.382 e. The van der Waals surface area contributed by atoms with Crippen molar-refractivity contribution in [3.63, 3.8) is 0 Å². The van der Waals surface area contributed by atoms with Crippen LogP contribution >= 0.6 is 11.3 Å². The third-order valence-electron chi connectivity index (χ3n) is 5.92. The molecule has 3 N–H and O–H groups in total. The van der Waals surface area contributed by atoms with Crippen LogP contribution in [0.2, 0.25) is 0 Å². The average molecular weight is 522 g/mol. The first-order chi connectivity index (χ1) is 17.6. The van der Waals surface area contributed by atoms with Crippen LogP contribution in [0.1, 0.15) is 37.5 Å². The first-order valence-electron chi connectivity index (χ1n) is 11.0. The highest BCUT2D eigenvalue weighted by atomic mass is 32.1. The van der Waals surface area contributed by atoms with Gasteiger partial charge in [-0.2, -0.15) is 13.2 Å². The Bertz CT molecular complexity index is 1700. The van der Waals surface area contributed by atoms with Gasteiger partial charge in [-0.1, -0.05) is 30.3 Å². The Labute approximate surface area is 212 Å². The Kier molecular flexibility index (Phi) is 6.08. The minimum absolute atomic E-state index is 0.193. The van der Waals surface area contributed by atoms with Crippen molar-refractivity contribution in [3.8, 4) is 0 Å². The number of nitrogens with one attached hydrogen (secondary N) is 1. The third-order valence-corrected chi connectivity index (χ3v) is 6.91. The van der Waals surface area contributed by atoms with Crippen molar-refractivity contribution in [2.75, 3.05) is 11.1 Å². The number of amides is 1. The number of Topliss-reactive ketones (excluding diaryl/α,β-unsaturated/α-hetero) is 1. The van der Waals surface area contributed by atoms with E-state index >= 15 is 0 Å². The zero-order valence-electron chi connectivity index (χ0n) is 19.3. The first kappa shape index (κ1) is 24.3. The summed E-state index contributed by atoms with van der Waals surface area (Å²) in [6.07, 6.45) is -1.88. The van der Waals surface area contributed by atoms with Gasteiger partial charge in [0.15, 0.2) is 0 Å². The van der Waals surface area contributed by atoms with Gasteiger partial charge in [0.25, 0.3) is 11.7 Å². The summed E-state index contributed by atoms with van der Waals surface area (Å²) in [6, 6.07) is 10.9. The maximum absolute atomic E-state index is 13.2. The number of nitrogens with two attached hydrogens (primary N) is 1. The van der Waals surface area contributed by atoms with Crippen molar-refractivity contribution in [2.24, 2.45) is 0 Å². The number of hydrogen-bond donors (Lipinski definition) is 2. The molecule has 0 unspecified atom stereocenters. The number of carbonyl (C=O) groups is 2. The number of nitrogens with zero attached hydrogens (tertiary/aromatic N) is 3. The van der Waals surface area contributed by atoms with Gasteiger partial charge in [0.1, 0.15) is 12.1 Å². The number of carbonyl (C=O) groups excluding carboxylic acids is 2. The number of benzene rings is 2. The quantitative estimate of drug-likeness (QED) is 0.286. The van der Waals surface area contributed by atoms with Crippen molar-refractivity contribution >= 4 is 55.5 Å². The number of nitrogen functional groups attached to an aromatic ring is 1. The van der Waals surface area contributed by atoms with Crippen LogP contribution in [-0.2, 0) is 6.42 Å². The van der Waals surface area contributed by atoms with Crippen LogP contribution in [0.4, 0.5) is 24.7 Å². The number of fused-ring (bicyclic) bond motifs is 2. The maximum atomic E-state index is 13.2. The number of pyridine rings is 1. The SMILES string of the molecule is Cc1ccc2c(Cc3cccc(C(=O)C(F)(F)F)c3)nccc2c1NC(=O)c1csc2c(N)ncnc12. The fourth-order valence-corrected chi connectivity index (χ4v) is 5.02. The van der Waals surface area contributed by atoms with E-state index in [-0.39, 0.29) is 12.3 Å². The molecular weight excluding hydrogens is 503 g/mol. The van der Waals surface area contributed by atoms with Gasteiger partial charge in [0, 0.05) is 34.3 Å². The zero-order chi connectivity index (χ0) is 26.3. The summed E-state index contributed by atoms with van der Waals surface area (Å²) in [5.41, 5.74) is 8.77. The maximum Gasteiger partial charge on any atom is 0.454 e. The number of hydrogen-bond acceptors (Lipinski definition) is 7. The van der Waals surface area contributed by atoms with Gasteiger partial charge < -0.3 is 11.1 Å². The Morgan fingerprint density at radius 1 is 1.05 bits per heavy atom. The molecule has 2 aromatic carbocycles. The molecule has 5 aromatic rings. The molecule has 3 heterocycles. The van der Waals surface area contributed by atoms with E-state index in [4.69, 9.17) is 5.73 Å². The molecule has 7 nitrogen and oxygen atoms in total. The molecule has 1 amide bonds. The van der Waals surface area contributed by atoms with E-state index in [0.717, 1.165) is 22.4 Å². The largest absolute Gasteiger partial charge is 0.454 e. The summed E-state index contributed by atoms with van der Waals surface area (Å²) in [5.74, 6) is -1.96. The lowest BCUT2D eigenvalue weighted by atomic mass is 9.98. The van der Waals surface area contributed by atoms with Crippen molar-refractivity contribution < 1.29 is 22.8 Å². The Balaban J connectivity index is 1.50. The molecule has 186 valence electrons. The van der Waals surface area contributed by atoms with Gasteiger partial charge in [-0.15, -0.1) is 11.3 Å². The third kappa shape index (κ3) is 4.60. The van der Waals surface area contributed by atoms with Crippen LogP contribution in [0.5, 0.6) is 0 Å². The smallest absolute Gasteiger partial charge is 0.382 e. The topological polar surface area (TPSA) is 111 Å². The summed E-state index contributed by atoms with van der Waals surface area (Å²) < 4.78 is 39.3. The number of ketones is 1. The fourth-order valence-electron chi connectivity index (χ4n) is 4.12. The Morgan fingerprint density at radius 2 is 1.86 bits per heavy atom. The molecule has 0 fully saturated rings. The van der Waals surface area contributed by atoms with E-state index in [2.05, 4.69) is 20.3 Å². The van der Waals surface area contributed by atoms with Crippen LogP contribution in [0.25, 0.3) is 21.0 Å². The highest BCUT2D eigenvalue weighted by molar-refractivity contribution is 7.18. The minimum atomic E-state index is -4.95. The summed E-state index contributed by atoms with van der Waals surface area (Å²) in [4.78, 5) is 37.5. The Morgan fingerprint density at radius 3 is 2.65 bits per heavy atom. The van der Waals surface area contributed by atoms with Crippen molar-refractivity contribution in [3.05, 3.63) is 88.3 Å². The zero-order valence-corrected chi connectivity index (χ0v) is 20.1. The lowest BCUT2D eigenvalue weighted by Gasteiger charge is -2.14. The number of halogens is 3. The van der Waals surface area contributed by atoms with E-state index in [1.165, 1.54) is 29.8 Å². The number of thiophene rings is 1. The van der Waals surface area contributed by atoms with Crippen LogP contribution in [0.3, 0.4) is 0 Å². The van der Waals surface area contributed by atoms with Gasteiger partial charge >= 0.3 is 6.18 Å². The lowest BCUT2D eigenvalue weighted by molar-refractivity contribution is -0.0885. The van der Waals surface area contributed by atoms with Crippen molar-refractivity contribution in [1.29, 1.82) is 0 Å². The molecule has 0 radical (unpaired) electrons. The van der Waals surface area contributed by atoms with Crippen LogP contribution in [0.15, 0.2) is 60.4 Å². The summed E-state index contributed by atoms with van der Waals surface area (Å²) in [6.45, 7) is 1.85.